The Morgan fingerprint density at radius 1 is 1.14 bits per heavy atom. The molecular weight excluding hydrogens is 266 g/mol. The number of hydrogen-bond donors (Lipinski definition) is 1. The van der Waals surface area contributed by atoms with E-state index in [-0.39, 0.29) is 18.4 Å². The third kappa shape index (κ3) is 5.19. The molecule has 0 aliphatic carbocycles. The molecule has 21 heavy (non-hydrogen) atoms. The molecule has 116 valence electrons. The van der Waals surface area contributed by atoms with Gasteiger partial charge in [0, 0.05) is 26.2 Å². The zero-order chi connectivity index (χ0) is 15.8. The summed E-state index contributed by atoms with van der Waals surface area (Å²) in [6.45, 7) is 3.27. The molecule has 2 amide bonds. The standard InChI is InChI=1S/C16H25N3O2/c1-4-11-19(12-15(20)18(2)3)16(21)14-7-5-13(6-8-14)9-10-17/h5-8H,4,9-12,17H2,1-3H3. The summed E-state index contributed by atoms with van der Waals surface area (Å²) in [6, 6.07) is 7.43. The van der Waals surface area contributed by atoms with E-state index in [4.69, 9.17) is 5.73 Å². The average molecular weight is 291 g/mol. The molecule has 2 N–H and O–H groups in total. The molecule has 0 unspecified atom stereocenters. The van der Waals surface area contributed by atoms with Crippen molar-refractivity contribution in [3.8, 4) is 0 Å². The van der Waals surface area contributed by atoms with Crippen LogP contribution in [0.5, 0.6) is 0 Å². The van der Waals surface area contributed by atoms with Gasteiger partial charge in [0.1, 0.15) is 6.54 Å². The highest BCUT2D eigenvalue weighted by molar-refractivity contribution is 5.96. The molecule has 0 spiro atoms. The summed E-state index contributed by atoms with van der Waals surface area (Å²) >= 11 is 0. The minimum atomic E-state index is -0.105. The Morgan fingerprint density at radius 3 is 2.24 bits per heavy atom. The summed E-state index contributed by atoms with van der Waals surface area (Å²) in [5, 5.41) is 0. The Balaban J connectivity index is 2.82. The number of carbonyl (C=O) groups excluding carboxylic acids is 2. The van der Waals surface area contributed by atoms with Crippen molar-refractivity contribution >= 4 is 11.8 Å². The lowest BCUT2D eigenvalue weighted by molar-refractivity contribution is -0.129. The van der Waals surface area contributed by atoms with E-state index in [9.17, 15) is 9.59 Å². The monoisotopic (exact) mass is 291 g/mol. The number of nitrogens with two attached hydrogens (primary N) is 1. The molecule has 0 aliphatic heterocycles. The largest absolute Gasteiger partial charge is 0.347 e. The molecule has 1 rings (SSSR count). The first-order valence-corrected chi connectivity index (χ1v) is 7.28. The fraction of sp³-hybridized carbons (Fsp3) is 0.500. The van der Waals surface area contributed by atoms with Gasteiger partial charge in [-0.2, -0.15) is 0 Å². The van der Waals surface area contributed by atoms with Gasteiger partial charge in [-0.3, -0.25) is 9.59 Å². The number of carbonyl (C=O) groups is 2. The van der Waals surface area contributed by atoms with Crippen molar-refractivity contribution < 1.29 is 9.59 Å². The smallest absolute Gasteiger partial charge is 0.254 e. The lowest BCUT2D eigenvalue weighted by atomic mass is 10.1. The highest BCUT2D eigenvalue weighted by Crippen LogP contribution is 2.09. The van der Waals surface area contributed by atoms with Crippen LogP contribution in [0.4, 0.5) is 0 Å². The van der Waals surface area contributed by atoms with Crippen molar-refractivity contribution in [3.63, 3.8) is 0 Å². The molecule has 0 saturated carbocycles. The van der Waals surface area contributed by atoms with Gasteiger partial charge in [-0.25, -0.2) is 0 Å². The fourth-order valence-corrected chi connectivity index (χ4v) is 1.99. The maximum Gasteiger partial charge on any atom is 0.254 e. The Bertz CT molecular complexity index is 469. The van der Waals surface area contributed by atoms with Gasteiger partial charge in [0.2, 0.25) is 5.91 Å². The van der Waals surface area contributed by atoms with Gasteiger partial charge in [-0.1, -0.05) is 19.1 Å². The molecule has 0 saturated heterocycles. The Hall–Kier alpha value is -1.88. The summed E-state index contributed by atoms with van der Waals surface area (Å²) in [5.74, 6) is -0.178. The lowest BCUT2D eigenvalue weighted by Crippen LogP contribution is -2.40. The second kappa shape index (κ2) is 8.42. The molecular formula is C16H25N3O2. The normalized spacial score (nSPS) is 10.3. The van der Waals surface area contributed by atoms with Gasteiger partial charge in [0.25, 0.3) is 5.91 Å². The van der Waals surface area contributed by atoms with Crippen LogP contribution in [0.3, 0.4) is 0 Å². The third-order valence-corrected chi connectivity index (χ3v) is 3.24. The maximum atomic E-state index is 12.5. The zero-order valence-electron chi connectivity index (χ0n) is 13.1. The topological polar surface area (TPSA) is 66.6 Å². The Labute approximate surface area is 126 Å². The van der Waals surface area contributed by atoms with Crippen LogP contribution in [-0.4, -0.2) is 55.3 Å². The molecule has 1 aromatic carbocycles. The molecule has 5 heteroatoms. The van der Waals surface area contributed by atoms with Crippen molar-refractivity contribution in [2.45, 2.75) is 19.8 Å². The predicted molar refractivity (Wildman–Crippen MR) is 84.1 cm³/mol. The maximum absolute atomic E-state index is 12.5. The van der Waals surface area contributed by atoms with E-state index in [1.165, 1.54) is 4.90 Å². The molecule has 5 nitrogen and oxygen atoms in total. The minimum Gasteiger partial charge on any atom is -0.347 e. The van der Waals surface area contributed by atoms with Crippen molar-refractivity contribution in [1.29, 1.82) is 0 Å². The first-order chi connectivity index (χ1) is 9.99. The average Bonchev–Trinajstić information content (AvgIpc) is 2.47. The van der Waals surface area contributed by atoms with Gasteiger partial charge < -0.3 is 15.5 Å². The first-order valence-electron chi connectivity index (χ1n) is 7.28. The summed E-state index contributed by atoms with van der Waals surface area (Å²) in [4.78, 5) is 27.4. The number of nitrogens with zero attached hydrogens (tertiary/aromatic N) is 2. The molecule has 0 aromatic heterocycles. The predicted octanol–water partition coefficient (Wildman–Crippen LogP) is 1.13. The van der Waals surface area contributed by atoms with Gasteiger partial charge in [0.05, 0.1) is 0 Å². The Morgan fingerprint density at radius 2 is 1.76 bits per heavy atom. The van der Waals surface area contributed by atoms with Gasteiger partial charge in [0.15, 0.2) is 0 Å². The van der Waals surface area contributed by atoms with E-state index in [1.807, 2.05) is 19.1 Å². The van der Waals surface area contributed by atoms with Crippen LogP contribution < -0.4 is 5.73 Å². The second-order valence-electron chi connectivity index (χ2n) is 5.25. The second-order valence-corrected chi connectivity index (χ2v) is 5.25. The van der Waals surface area contributed by atoms with Crippen molar-refractivity contribution in [3.05, 3.63) is 35.4 Å². The van der Waals surface area contributed by atoms with Crippen molar-refractivity contribution in [1.82, 2.24) is 9.80 Å². The Kier molecular flexibility index (Phi) is 6.88. The fourth-order valence-electron chi connectivity index (χ4n) is 1.99. The number of rotatable bonds is 7. The quantitative estimate of drug-likeness (QED) is 0.819. The molecule has 0 fully saturated rings. The number of hydrogen-bond acceptors (Lipinski definition) is 3. The molecule has 0 heterocycles. The zero-order valence-corrected chi connectivity index (χ0v) is 13.1. The SMILES string of the molecule is CCCN(CC(=O)N(C)C)C(=O)c1ccc(CCN)cc1. The van der Waals surface area contributed by atoms with Crippen LogP contribution >= 0.6 is 0 Å². The van der Waals surface area contributed by atoms with Gasteiger partial charge >= 0.3 is 0 Å². The van der Waals surface area contributed by atoms with Crippen LogP contribution in [0.15, 0.2) is 24.3 Å². The third-order valence-electron chi connectivity index (χ3n) is 3.24. The van der Waals surface area contributed by atoms with E-state index in [0.717, 1.165) is 18.4 Å². The minimum absolute atomic E-state index is 0.0726. The summed E-state index contributed by atoms with van der Waals surface area (Å²) in [5.41, 5.74) is 7.23. The summed E-state index contributed by atoms with van der Waals surface area (Å²) in [7, 11) is 3.39. The first kappa shape index (κ1) is 17.2. The molecule has 0 radical (unpaired) electrons. The van der Waals surface area contributed by atoms with E-state index < -0.39 is 0 Å². The van der Waals surface area contributed by atoms with E-state index in [2.05, 4.69) is 0 Å². The van der Waals surface area contributed by atoms with E-state index >= 15 is 0 Å². The number of amides is 2. The lowest BCUT2D eigenvalue weighted by Gasteiger charge is -2.23. The summed E-state index contributed by atoms with van der Waals surface area (Å²) < 4.78 is 0. The molecule has 1 aromatic rings. The highest BCUT2D eigenvalue weighted by atomic mass is 16.2. The van der Waals surface area contributed by atoms with Crippen molar-refractivity contribution in [2.75, 3.05) is 33.7 Å². The highest BCUT2D eigenvalue weighted by Gasteiger charge is 2.18. The summed E-state index contributed by atoms with van der Waals surface area (Å²) in [6.07, 6.45) is 1.62. The molecule has 0 atom stereocenters. The van der Waals surface area contributed by atoms with Crippen LogP contribution in [0.2, 0.25) is 0 Å². The number of likely N-dealkylation sites (N-methyl/N-ethyl adjacent to an activating group) is 1. The molecule has 0 bridgehead atoms. The number of benzene rings is 1. The van der Waals surface area contributed by atoms with E-state index in [1.54, 1.807) is 31.1 Å². The van der Waals surface area contributed by atoms with Gasteiger partial charge in [-0.05, 0) is 37.1 Å². The van der Waals surface area contributed by atoms with Crippen LogP contribution in [0.25, 0.3) is 0 Å². The van der Waals surface area contributed by atoms with Gasteiger partial charge in [-0.15, -0.1) is 0 Å². The van der Waals surface area contributed by atoms with Crippen molar-refractivity contribution in [2.24, 2.45) is 5.73 Å². The van der Waals surface area contributed by atoms with Crippen LogP contribution in [0, 0.1) is 0 Å². The van der Waals surface area contributed by atoms with Crippen LogP contribution in [0.1, 0.15) is 29.3 Å². The van der Waals surface area contributed by atoms with Crippen LogP contribution in [-0.2, 0) is 11.2 Å². The molecule has 0 aliphatic rings. The van der Waals surface area contributed by atoms with E-state index in [0.29, 0.717) is 18.7 Å².